The van der Waals surface area contributed by atoms with Crippen LogP contribution in [0.2, 0.25) is 0 Å². The minimum absolute atomic E-state index is 1.18. The fourth-order valence-corrected chi connectivity index (χ4v) is 2.61. The Morgan fingerprint density at radius 3 is 2.26 bits per heavy atom. The summed E-state index contributed by atoms with van der Waals surface area (Å²) in [5.74, 6) is 1.42. The average Bonchev–Trinajstić information content (AvgIpc) is 2.76. The van der Waals surface area contributed by atoms with E-state index in [-0.39, 0.29) is 0 Å². The normalized spacial score (nSPS) is 11.1. The maximum atomic E-state index is 2.42. The molecule has 1 heterocycles. The van der Waals surface area contributed by atoms with Crippen molar-refractivity contribution in [2.24, 2.45) is 0 Å². The van der Waals surface area contributed by atoms with Gasteiger partial charge in [-0.3, -0.25) is 0 Å². The SMILES string of the molecule is CCCCCCCCn1cc[n+](CCCCC)c1C. The Balaban J connectivity index is 2.22. The second-order valence-electron chi connectivity index (χ2n) is 5.71. The molecule has 0 saturated heterocycles. The lowest BCUT2D eigenvalue weighted by atomic mass is 10.1. The van der Waals surface area contributed by atoms with Gasteiger partial charge in [0.1, 0.15) is 12.4 Å². The summed E-state index contributed by atoms with van der Waals surface area (Å²) in [6.07, 6.45) is 16.7. The van der Waals surface area contributed by atoms with Crippen molar-refractivity contribution in [3.8, 4) is 0 Å². The van der Waals surface area contributed by atoms with E-state index >= 15 is 0 Å². The summed E-state index contributed by atoms with van der Waals surface area (Å²) in [5, 5.41) is 0. The van der Waals surface area contributed by atoms with E-state index in [2.05, 4.69) is 42.3 Å². The molecule has 0 unspecified atom stereocenters. The van der Waals surface area contributed by atoms with Crippen molar-refractivity contribution >= 4 is 0 Å². The Hall–Kier alpha value is -0.790. The molecule has 0 aliphatic heterocycles. The highest BCUT2D eigenvalue weighted by atomic mass is 15.1. The third-order valence-corrected chi connectivity index (χ3v) is 4.01. The Labute approximate surface area is 119 Å². The summed E-state index contributed by atoms with van der Waals surface area (Å²) in [7, 11) is 0. The smallest absolute Gasteiger partial charge is 0.234 e. The molecule has 0 aliphatic rings. The number of unbranched alkanes of at least 4 members (excludes halogenated alkanes) is 7. The second-order valence-corrected chi connectivity index (χ2v) is 5.71. The van der Waals surface area contributed by atoms with Gasteiger partial charge in [0.2, 0.25) is 0 Å². The monoisotopic (exact) mass is 265 g/mol. The summed E-state index contributed by atoms with van der Waals surface area (Å²) in [4.78, 5) is 0. The number of nitrogens with zero attached hydrogens (tertiary/aromatic N) is 2. The van der Waals surface area contributed by atoms with Crippen LogP contribution in [-0.4, -0.2) is 4.57 Å². The Morgan fingerprint density at radius 1 is 0.895 bits per heavy atom. The highest BCUT2D eigenvalue weighted by Crippen LogP contribution is 2.07. The van der Waals surface area contributed by atoms with Crippen LogP contribution in [0, 0.1) is 6.92 Å². The fraction of sp³-hybridized carbons (Fsp3) is 0.824. The number of imidazole rings is 1. The van der Waals surface area contributed by atoms with E-state index in [1.54, 1.807) is 0 Å². The van der Waals surface area contributed by atoms with Crippen LogP contribution >= 0.6 is 0 Å². The molecule has 0 fully saturated rings. The zero-order valence-corrected chi connectivity index (χ0v) is 13.3. The number of rotatable bonds is 11. The Morgan fingerprint density at radius 2 is 1.53 bits per heavy atom. The van der Waals surface area contributed by atoms with Crippen LogP contribution in [0.5, 0.6) is 0 Å². The molecule has 0 aromatic carbocycles. The lowest BCUT2D eigenvalue weighted by Gasteiger charge is -2.02. The second kappa shape index (κ2) is 10.1. The summed E-state index contributed by atoms with van der Waals surface area (Å²) >= 11 is 0. The van der Waals surface area contributed by atoms with E-state index in [1.807, 2.05) is 0 Å². The molecule has 0 bridgehead atoms. The molecular weight excluding hydrogens is 232 g/mol. The van der Waals surface area contributed by atoms with Gasteiger partial charge in [0.25, 0.3) is 5.82 Å². The third-order valence-electron chi connectivity index (χ3n) is 4.01. The minimum atomic E-state index is 1.18. The number of aromatic nitrogens is 2. The largest absolute Gasteiger partial charge is 0.253 e. The van der Waals surface area contributed by atoms with Crippen LogP contribution in [0.4, 0.5) is 0 Å². The van der Waals surface area contributed by atoms with Crippen LogP contribution in [0.15, 0.2) is 12.4 Å². The molecule has 0 saturated carbocycles. The van der Waals surface area contributed by atoms with Crippen LogP contribution in [-0.2, 0) is 13.1 Å². The van der Waals surface area contributed by atoms with Gasteiger partial charge < -0.3 is 0 Å². The number of hydrogen-bond acceptors (Lipinski definition) is 0. The van der Waals surface area contributed by atoms with Crippen LogP contribution in [0.1, 0.15) is 77.5 Å². The molecule has 0 spiro atoms. The minimum Gasteiger partial charge on any atom is -0.234 e. The molecule has 19 heavy (non-hydrogen) atoms. The van der Waals surface area contributed by atoms with E-state index in [4.69, 9.17) is 0 Å². The molecule has 0 aliphatic carbocycles. The van der Waals surface area contributed by atoms with Gasteiger partial charge in [0.15, 0.2) is 0 Å². The molecule has 1 aromatic heterocycles. The summed E-state index contributed by atoms with van der Waals surface area (Å²) < 4.78 is 4.83. The van der Waals surface area contributed by atoms with Crippen LogP contribution in [0.25, 0.3) is 0 Å². The molecular formula is C17H33N2+. The third kappa shape index (κ3) is 6.26. The predicted molar refractivity (Wildman–Crippen MR) is 82.3 cm³/mol. The van der Waals surface area contributed by atoms with Gasteiger partial charge in [-0.15, -0.1) is 0 Å². The van der Waals surface area contributed by atoms with Gasteiger partial charge in [0.05, 0.1) is 13.1 Å². The topological polar surface area (TPSA) is 8.81 Å². The number of hydrogen-bond donors (Lipinski definition) is 0. The van der Waals surface area contributed by atoms with Gasteiger partial charge in [-0.2, -0.15) is 0 Å². The first-order chi connectivity index (χ1) is 9.29. The molecule has 0 amide bonds. The highest BCUT2D eigenvalue weighted by Gasteiger charge is 2.10. The first-order valence-corrected chi connectivity index (χ1v) is 8.34. The van der Waals surface area contributed by atoms with Crippen molar-refractivity contribution in [2.45, 2.75) is 91.6 Å². The quantitative estimate of drug-likeness (QED) is 0.407. The summed E-state index contributed by atoms with van der Waals surface area (Å²) in [5.41, 5.74) is 0. The molecule has 110 valence electrons. The van der Waals surface area contributed by atoms with Gasteiger partial charge in [-0.25, -0.2) is 9.13 Å². The van der Waals surface area contributed by atoms with Crippen molar-refractivity contribution in [1.29, 1.82) is 0 Å². The fourth-order valence-electron chi connectivity index (χ4n) is 2.61. The van der Waals surface area contributed by atoms with Crippen LogP contribution in [0.3, 0.4) is 0 Å². The Bertz CT molecular complexity index is 328. The summed E-state index contributed by atoms with van der Waals surface area (Å²) in [6.45, 7) is 9.17. The standard InChI is InChI=1S/C17H33N2/c1-4-6-8-9-10-12-14-19-16-15-18(17(19)3)13-11-7-5-2/h15-16H,4-14H2,1-3H3/q+1. The first-order valence-electron chi connectivity index (χ1n) is 8.34. The molecule has 2 nitrogen and oxygen atoms in total. The molecule has 0 N–H and O–H groups in total. The maximum Gasteiger partial charge on any atom is 0.253 e. The first kappa shape index (κ1) is 16.3. The summed E-state index contributed by atoms with van der Waals surface area (Å²) in [6, 6.07) is 0. The van der Waals surface area contributed by atoms with Gasteiger partial charge in [-0.1, -0.05) is 46.0 Å². The molecule has 0 atom stereocenters. The van der Waals surface area contributed by atoms with Crippen molar-refractivity contribution in [2.75, 3.05) is 0 Å². The number of aryl methyl sites for hydroxylation is 2. The van der Waals surface area contributed by atoms with Crippen molar-refractivity contribution in [3.05, 3.63) is 18.2 Å². The van der Waals surface area contributed by atoms with Gasteiger partial charge >= 0.3 is 0 Å². The van der Waals surface area contributed by atoms with Crippen molar-refractivity contribution in [1.82, 2.24) is 4.57 Å². The lowest BCUT2D eigenvalue weighted by Crippen LogP contribution is -2.35. The van der Waals surface area contributed by atoms with Gasteiger partial charge in [-0.05, 0) is 25.7 Å². The zero-order valence-electron chi connectivity index (χ0n) is 13.3. The average molecular weight is 265 g/mol. The van der Waals surface area contributed by atoms with E-state index in [0.717, 1.165) is 0 Å². The molecule has 1 rings (SSSR count). The van der Waals surface area contributed by atoms with Crippen molar-refractivity contribution < 1.29 is 4.57 Å². The lowest BCUT2D eigenvalue weighted by molar-refractivity contribution is -0.702. The highest BCUT2D eigenvalue weighted by molar-refractivity contribution is 4.79. The Kier molecular flexibility index (Phi) is 8.61. The molecule has 1 aromatic rings. The maximum absolute atomic E-state index is 2.42. The van der Waals surface area contributed by atoms with Crippen molar-refractivity contribution in [3.63, 3.8) is 0 Å². The van der Waals surface area contributed by atoms with E-state index in [0.29, 0.717) is 0 Å². The van der Waals surface area contributed by atoms with E-state index in [9.17, 15) is 0 Å². The van der Waals surface area contributed by atoms with E-state index in [1.165, 1.54) is 76.7 Å². The van der Waals surface area contributed by atoms with Crippen LogP contribution < -0.4 is 4.57 Å². The predicted octanol–water partition coefficient (Wildman–Crippen LogP) is 4.63. The molecule has 2 heteroatoms. The van der Waals surface area contributed by atoms with Gasteiger partial charge in [0, 0.05) is 6.92 Å². The molecule has 0 radical (unpaired) electrons. The zero-order chi connectivity index (χ0) is 13.9. The van der Waals surface area contributed by atoms with E-state index < -0.39 is 0 Å².